The van der Waals surface area contributed by atoms with Crippen molar-refractivity contribution in [1.82, 2.24) is 25.9 Å². The number of nitrogens with zero attached hydrogens (tertiary/aromatic N) is 1. The molecule has 0 spiro atoms. The van der Waals surface area contributed by atoms with E-state index in [-0.39, 0.29) is 18.3 Å². The van der Waals surface area contributed by atoms with E-state index < -0.39 is 47.9 Å². The molecule has 0 bridgehead atoms. The molecule has 0 saturated heterocycles. The molecule has 7 N–H and O–H groups in total. The van der Waals surface area contributed by atoms with Crippen LogP contribution in [-0.4, -0.2) is 74.9 Å². The zero-order valence-electron chi connectivity index (χ0n) is 21.2. The van der Waals surface area contributed by atoms with Gasteiger partial charge in [0.05, 0.1) is 12.4 Å². The number of hydrogen-bond acceptors (Lipinski definition) is 7. The Morgan fingerprint density at radius 1 is 0.971 bits per heavy atom. The molecule has 0 saturated carbocycles. The van der Waals surface area contributed by atoms with Crippen LogP contribution in [0.2, 0.25) is 0 Å². The fraction of sp³-hybridized carbons (Fsp3) is 0.696. The Morgan fingerprint density at radius 3 is 2.06 bits per heavy atom. The van der Waals surface area contributed by atoms with Crippen molar-refractivity contribution < 1.29 is 24.3 Å². The van der Waals surface area contributed by atoms with E-state index in [2.05, 4.69) is 25.9 Å². The van der Waals surface area contributed by atoms with Gasteiger partial charge in [-0.3, -0.25) is 14.4 Å². The summed E-state index contributed by atoms with van der Waals surface area (Å²) in [5.74, 6) is -1.86. The number of carboxylic acid groups (broad SMARTS) is 1. The van der Waals surface area contributed by atoms with Crippen molar-refractivity contribution in [3.8, 4) is 0 Å². The molecule has 4 unspecified atom stereocenters. The van der Waals surface area contributed by atoms with Gasteiger partial charge in [0.1, 0.15) is 18.1 Å². The van der Waals surface area contributed by atoms with E-state index in [1.807, 2.05) is 34.0 Å². The molecule has 198 valence electrons. The summed E-state index contributed by atoms with van der Waals surface area (Å²) in [4.78, 5) is 57.1. The van der Waals surface area contributed by atoms with Crippen LogP contribution in [-0.2, 0) is 25.6 Å². The van der Waals surface area contributed by atoms with Gasteiger partial charge in [-0.2, -0.15) is 11.8 Å². The van der Waals surface area contributed by atoms with Crippen LogP contribution in [0.15, 0.2) is 12.5 Å². The number of aromatic nitrogens is 2. The zero-order chi connectivity index (χ0) is 26.5. The number of amides is 3. The molecule has 1 aromatic rings. The summed E-state index contributed by atoms with van der Waals surface area (Å²) in [6.45, 7) is 7.75. The molecule has 0 radical (unpaired) electrons. The number of nitrogens with two attached hydrogens (primary N) is 1. The number of carbonyl (C=O) groups is 4. The molecule has 0 aromatic carbocycles. The summed E-state index contributed by atoms with van der Waals surface area (Å²) in [7, 11) is 0. The molecule has 0 aliphatic heterocycles. The Labute approximate surface area is 211 Å². The number of aliphatic carboxylic acids is 1. The van der Waals surface area contributed by atoms with Crippen molar-refractivity contribution in [3.63, 3.8) is 0 Å². The third kappa shape index (κ3) is 11.6. The summed E-state index contributed by atoms with van der Waals surface area (Å²) in [5.41, 5.74) is 6.53. The van der Waals surface area contributed by atoms with Crippen LogP contribution in [0.5, 0.6) is 0 Å². The van der Waals surface area contributed by atoms with E-state index in [1.54, 1.807) is 0 Å². The Kier molecular flexibility index (Phi) is 13.4. The highest BCUT2D eigenvalue weighted by Gasteiger charge is 2.30. The van der Waals surface area contributed by atoms with Gasteiger partial charge in [0.25, 0.3) is 0 Å². The van der Waals surface area contributed by atoms with E-state index in [1.165, 1.54) is 24.3 Å². The first kappa shape index (κ1) is 30.4. The number of hydrogen-bond donors (Lipinski definition) is 6. The lowest BCUT2D eigenvalue weighted by molar-refractivity contribution is -0.142. The van der Waals surface area contributed by atoms with Crippen molar-refractivity contribution in [2.45, 2.75) is 77.5 Å². The van der Waals surface area contributed by atoms with Gasteiger partial charge in [0, 0.05) is 18.3 Å². The molecule has 1 aromatic heterocycles. The summed E-state index contributed by atoms with van der Waals surface area (Å²) in [6, 6.07) is -3.77. The van der Waals surface area contributed by atoms with Crippen molar-refractivity contribution in [3.05, 3.63) is 18.2 Å². The Hall–Kier alpha value is -2.60. The SMILES string of the molecule is CSCCC(NC(=O)C(CC(C)C)NC(=O)C(N)CC(C)C)C(=O)NC(Cc1cnc[nH]1)C(=O)O. The second kappa shape index (κ2) is 15.4. The van der Waals surface area contributed by atoms with Crippen molar-refractivity contribution in [2.75, 3.05) is 12.0 Å². The Balaban J connectivity index is 2.95. The highest BCUT2D eigenvalue weighted by molar-refractivity contribution is 7.98. The van der Waals surface area contributed by atoms with Crippen LogP contribution >= 0.6 is 11.8 Å². The van der Waals surface area contributed by atoms with Crippen LogP contribution in [0.4, 0.5) is 0 Å². The van der Waals surface area contributed by atoms with Gasteiger partial charge in [-0.25, -0.2) is 9.78 Å². The Bertz CT molecular complexity index is 817. The predicted molar refractivity (Wildman–Crippen MR) is 136 cm³/mol. The van der Waals surface area contributed by atoms with Gasteiger partial charge in [0.15, 0.2) is 0 Å². The summed E-state index contributed by atoms with van der Waals surface area (Å²) in [5, 5.41) is 17.5. The predicted octanol–water partition coefficient (Wildman–Crippen LogP) is 0.664. The highest BCUT2D eigenvalue weighted by atomic mass is 32.2. The molecule has 4 atom stereocenters. The van der Waals surface area contributed by atoms with Crippen LogP contribution < -0.4 is 21.7 Å². The maximum atomic E-state index is 13.1. The zero-order valence-corrected chi connectivity index (χ0v) is 22.0. The molecule has 3 amide bonds. The lowest BCUT2D eigenvalue weighted by Crippen LogP contribution is -2.57. The molecule has 0 fully saturated rings. The van der Waals surface area contributed by atoms with E-state index >= 15 is 0 Å². The lowest BCUT2D eigenvalue weighted by atomic mass is 10.00. The van der Waals surface area contributed by atoms with Gasteiger partial charge in [-0.15, -0.1) is 0 Å². The monoisotopic (exact) mass is 512 g/mol. The molecule has 1 heterocycles. The van der Waals surface area contributed by atoms with Crippen LogP contribution in [0.3, 0.4) is 0 Å². The quantitative estimate of drug-likeness (QED) is 0.187. The molecule has 0 aliphatic rings. The number of imidazole rings is 1. The summed E-state index contributed by atoms with van der Waals surface area (Å²) < 4.78 is 0. The van der Waals surface area contributed by atoms with Crippen LogP contribution in [0.1, 0.15) is 52.7 Å². The number of carboxylic acids is 1. The normalized spacial score (nSPS) is 14.7. The number of aromatic amines is 1. The average Bonchev–Trinajstić information content (AvgIpc) is 3.27. The lowest BCUT2D eigenvalue weighted by Gasteiger charge is -2.26. The number of nitrogens with one attached hydrogen (secondary N) is 4. The second-order valence-electron chi connectivity index (χ2n) is 9.45. The molecule has 12 heteroatoms. The highest BCUT2D eigenvalue weighted by Crippen LogP contribution is 2.10. The van der Waals surface area contributed by atoms with E-state index in [9.17, 15) is 24.3 Å². The van der Waals surface area contributed by atoms with E-state index in [0.717, 1.165) is 0 Å². The summed E-state index contributed by atoms with van der Waals surface area (Å²) in [6.07, 6.45) is 5.93. The van der Waals surface area contributed by atoms with E-state index in [0.29, 0.717) is 30.7 Å². The third-order valence-corrected chi connectivity index (χ3v) is 5.88. The fourth-order valence-electron chi connectivity index (χ4n) is 3.46. The number of rotatable bonds is 16. The minimum atomic E-state index is -1.20. The molecule has 11 nitrogen and oxygen atoms in total. The molecule has 0 aliphatic carbocycles. The van der Waals surface area contributed by atoms with E-state index in [4.69, 9.17) is 5.73 Å². The minimum Gasteiger partial charge on any atom is -0.480 e. The average molecular weight is 513 g/mol. The second-order valence-corrected chi connectivity index (χ2v) is 10.4. The van der Waals surface area contributed by atoms with Gasteiger partial charge in [0.2, 0.25) is 17.7 Å². The minimum absolute atomic E-state index is 0.0179. The first-order chi connectivity index (χ1) is 16.4. The Morgan fingerprint density at radius 2 is 1.54 bits per heavy atom. The standard InChI is InChI=1S/C23H40N6O5S/c1-13(2)8-16(24)20(30)28-18(9-14(3)4)22(32)27-17(6-7-35-5)21(31)29-19(23(33)34)10-15-11-25-12-26-15/h11-14,16-19H,6-10,24H2,1-5H3,(H,25,26)(H,27,32)(H,28,30)(H,29,31)(H,33,34). The largest absolute Gasteiger partial charge is 0.480 e. The maximum Gasteiger partial charge on any atom is 0.326 e. The molecular formula is C23H40N6O5S. The van der Waals surface area contributed by atoms with Gasteiger partial charge in [-0.1, -0.05) is 27.7 Å². The third-order valence-electron chi connectivity index (χ3n) is 5.24. The fourth-order valence-corrected chi connectivity index (χ4v) is 3.93. The molecular weight excluding hydrogens is 472 g/mol. The number of thioether (sulfide) groups is 1. The van der Waals surface area contributed by atoms with Crippen molar-refractivity contribution >= 4 is 35.5 Å². The molecule has 35 heavy (non-hydrogen) atoms. The molecule has 1 rings (SSSR count). The summed E-state index contributed by atoms with van der Waals surface area (Å²) >= 11 is 1.50. The van der Waals surface area contributed by atoms with Crippen LogP contribution in [0, 0.1) is 11.8 Å². The van der Waals surface area contributed by atoms with Crippen molar-refractivity contribution in [2.24, 2.45) is 17.6 Å². The van der Waals surface area contributed by atoms with Gasteiger partial charge in [-0.05, 0) is 43.1 Å². The topological polar surface area (TPSA) is 179 Å². The maximum absolute atomic E-state index is 13.1. The first-order valence-electron chi connectivity index (χ1n) is 11.8. The smallest absolute Gasteiger partial charge is 0.326 e. The first-order valence-corrected chi connectivity index (χ1v) is 13.2. The number of H-pyrrole nitrogens is 1. The number of carbonyl (C=O) groups excluding carboxylic acids is 3. The van der Waals surface area contributed by atoms with Crippen molar-refractivity contribution in [1.29, 1.82) is 0 Å². The van der Waals surface area contributed by atoms with Crippen LogP contribution in [0.25, 0.3) is 0 Å². The van der Waals surface area contributed by atoms with Gasteiger partial charge < -0.3 is 31.8 Å². The van der Waals surface area contributed by atoms with Gasteiger partial charge >= 0.3 is 5.97 Å².